The molecule has 0 heterocycles. The maximum absolute atomic E-state index is 12.2. The van der Waals surface area contributed by atoms with Gasteiger partial charge in [-0.2, -0.15) is 0 Å². The summed E-state index contributed by atoms with van der Waals surface area (Å²) >= 11 is 5.96. The van der Waals surface area contributed by atoms with Gasteiger partial charge in [0.25, 0.3) is 5.91 Å². The van der Waals surface area contributed by atoms with Crippen LogP contribution in [0, 0.1) is 0 Å². The van der Waals surface area contributed by atoms with Gasteiger partial charge in [-0.1, -0.05) is 18.5 Å². The minimum absolute atomic E-state index is 0.0406. The van der Waals surface area contributed by atoms with Crippen LogP contribution in [0.25, 0.3) is 0 Å². The highest BCUT2D eigenvalue weighted by atomic mass is 35.5. The van der Waals surface area contributed by atoms with E-state index in [2.05, 4.69) is 5.32 Å². The van der Waals surface area contributed by atoms with Gasteiger partial charge in [0.1, 0.15) is 0 Å². The highest BCUT2D eigenvalue weighted by Crippen LogP contribution is 2.23. The summed E-state index contributed by atoms with van der Waals surface area (Å²) in [6.45, 7) is 3.79. The summed E-state index contributed by atoms with van der Waals surface area (Å²) in [5, 5.41) is 2.64. The number of nitrogens with zero attached hydrogens (tertiary/aromatic N) is 1. The van der Waals surface area contributed by atoms with Crippen molar-refractivity contribution >= 4 is 33.5 Å². The molecule has 0 bridgehead atoms. The molecule has 24 heavy (non-hydrogen) atoms. The van der Waals surface area contributed by atoms with Gasteiger partial charge in [0, 0.05) is 20.6 Å². The second kappa shape index (κ2) is 8.46. The lowest BCUT2D eigenvalue weighted by atomic mass is 10.2. The topological polar surface area (TPSA) is 92.8 Å². The Bertz CT molecular complexity index is 719. The van der Waals surface area contributed by atoms with Gasteiger partial charge in [0.05, 0.1) is 15.5 Å². The molecule has 0 unspecified atom stereocenters. The van der Waals surface area contributed by atoms with Gasteiger partial charge >= 0.3 is 5.97 Å². The SMILES string of the molecule is CCCNC(=O)[C@H](C)OC(=O)c1cc(S(=O)(=O)N(C)C)ccc1Cl. The number of carbonyl (C=O) groups is 2. The van der Waals surface area contributed by atoms with Crippen molar-refractivity contribution in [2.45, 2.75) is 31.3 Å². The molecule has 0 aromatic heterocycles. The van der Waals surface area contributed by atoms with E-state index in [0.717, 1.165) is 16.8 Å². The fourth-order valence-corrected chi connectivity index (χ4v) is 2.82. The number of carbonyl (C=O) groups excluding carboxylic acids is 2. The van der Waals surface area contributed by atoms with E-state index in [1.54, 1.807) is 0 Å². The van der Waals surface area contributed by atoms with E-state index >= 15 is 0 Å². The zero-order valence-corrected chi connectivity index (χ0v) is 15.6. The number of rotatable bonds is 7. The number of hydrogen-bond donors (Lipinski definition) is 1. The first-order valence-electron chi connectivity index (χ1n) is 7.32. The molecular formula is C15H21ClN2O5S. The van der Waals surface area contributed by atoms with Crippen LogP contribution < -0.4 is 5.32 Å². The molecule has 0 fully saturated rings. The molecular weight excluding hydrogens is 356 g/mol. The number of sulfonamides is 1. The number of halogens is 1. The smallest absolute Gasteiger partial charge is 0.340 e. The molecule has 9 heteroatoms. The van der Waals surface area contributed by atoms with Crippen LogP contribution in [0.1, 0.15) is 30.6 Å². The molecule has 0 saturated carbocycles. The Hall–Kier alpha value is -1.64. The highest BCUT2D eigenvalue weighted by molar-refractivity contribution is 7.89. The number of hydrogen-bond acceptors (Lipinski definition) is 5. The summed E-state index contributed by atoms with van der Waals surface area (Å²) in [6, 6.07) is 3.73. The van der Waals surface area contributed by atoms with Crippen molar-refractivity contribution in [1.29, 1.82) is 0 Å². The van der Waals surface area contributed by atoms with Gasteiger partial charge in [0.15, 0.2) is 6.10 Å². The minimum Gasteiger partial charge on any atom is -0.449 e. The summed E-state index contributed by atoms with van der Waals surface area (Å²) in [5.41, 5.74) is -0.116. The van der Waals surface area contributed by atoms with Gasteiger partial charge in [-0.25, -0.2) is 17.5 Å². The molecule has 1 atom stereocenters. The molecule has 0 aliphatic heterocycles. The fourth-order valence-electron chi connectivity index (χ4n) is 1.70. The van der Waals surface area contributed by atoms with E-state index in [-0.39, 0.29) is 15.5 Å². The van der Waals surface area contributed by atoms with E-state index in [4.69, 9.17) is 16.3 Å². The minimum atomic E-state index is -3.72. The molecule has 1 aromatic carbocycles. The van der Waals surface area contributed by atoms with Crippen molar-refractivity contribution in [3.63, 3.8) is 0 Å². The quantitative estimate of drug-likeness (QED) is 0.730. The lowest BCUT2D eigenvalue weighted by Crippen LogP contribution is -2.36. The Balaban J connectivity index is 3.01. The molecule has 0 spiro atoms. The molecule has 1 aromatic rings. The predicted octanol–water partition coefficient (Wildman–Crippen LogP) is 1.66. The monoisotopic (exact) mass is 376 g/mol. The van der Waals surface area contributed by atoms with Crippen molar-refractivity contribution in [1.82, 2.24) is 9.62 Å². The first-order valence-corrected chi connectivity index (χ1v) is 9.13. The van der Waals surface area contributed by atoms with Gasteiger partial charge in [0.2, 0.25) is 10.0 Å². The Kier molecular flexibility index (Phi) is 7.19. The second-order valence-electron chi connectivity index (χ2n) is 5.27. The van der Waals surface area contributed by atoms with Gasteiger partial charge in [-0.15, -0.1) is 0 Å². The van der Waals surface area contributed by atoms with Gasteiger partial charge < -0.3 is 10.1 Å². The molecule has 0 radical (unpaired) electrons. The van der Waals surface area contributed by atoms with Gasteiger partial charge in [-0.3, -0.25) is 4.79 Å². The standard InChI is InChI=1S/C15H21ClN2O5S/c1-5-8-17-14(19)10(2)23-15(20)12-9-11(6-7-13(12)16)24(21,22)18(3)4/h6-7,9-10H,5,8H2,1-4H3,(H,17,19)/t10-/m0/s1. The van der Waals surface area contributed by atoms with Crippen LogP contribution in [-0.4, -0.2) is 51.3 Å². The zero-order chi connectivity index (χ0) is 18.5. The predicted molar refractivity (Wildman–Crippen MR) is 90.5 cm³/mol. The first kappa shape index (κ1) is 20.4. The first-order chi connectivity index (χ1) is 11.1. The fraction of sp³-hybridized carbons (Fsp3) is 0.467. The highest BCUT2D eigenvalue weighted by Gasteiger charge is 2.24. The summed E-state index contributed by atoms with van der Waals surface area (Å²) < 4.78 is 30.3. The van der Waals surface area contributed by atoms with Crippen LogP contribution in [0.4, 0.5) is 0 Å². The average molecular weight is 377 g/mol. The molecule has 0 saturated heterocycles. The van der Waals surface area contributed by atoms with Crippen molar-refractivity contribution in [2.75, 3.05) is 20.6 Å². The Labute approximate surface area is 147 Å². The average Bonchev–Trinajstić information content (AvgIpc) is 2.52. The summed E-state index contributed by atoms with van der Waals surface area (Å²) in [4.78, 5) is 23.9. The van der Waals surface area contributed by atoms with E-state index in [9.17, 15) is 18.0 Å². The van der Waals surface area contributed by atoms with Crippen LogP contribution in [0.3, 0.4) is 0 Å². The third-order valence-electron chi connectivity index (χ3n) is 3.14. The van der Waals surface area contributed by atoms with Crippen LogP contribution in [0.5, 0.6) is 0 Å². The summed E-state index contributed by atoms with van der Waals surface area (Å²) in [5.74, 6) is -1.30. The van der Waals surface area contributed by atoms with Gasteiger partial charge in [-0.05, 0) is 31.5 Å². The Morgan fingerprint density at radius 2 is 1.96 bits per heavy atom. The lowest BCUT2D eigenvalue weighted by Gasteiger charge is -2.15. The molecule has 1 amide bonds. The molecule has 0 aliphatic rings. The lowest BCUT2D eigenvalue weighted by molar-refractivity contribution is -0.129. The zero-order valence-electron chi connectivity index (χ0n) is 14.0. The van der Waals surface area contributed by atoms with E-state index < -0.39 is 28.0 Å². The summed E-state index contributed by atoms with van der Waals surface area (Å²) in [6.07, 6.45) is -0.267. The van der Waals surface area contributed by atoms with Crippen molar-refractivity contribution in [3.8, 4) is 0 Å². The molecule has 1 N–H and O–H groups in total. The number of esters is 1. The maximum atomic E-state index is 12.2. The van der Waals surface area contributed by atoms with Crippen LogP contribution in [-0.2, 0) is 19.6 Å². The third kappa shape index (κ3) is 4.93. The Morgan fingerprint density at radius 1 is 1.33 bits per heavy atom. The Morgan fingerprint density at radius 3 is 2.50 bits per heavy atom. The number of nitrogens with one attached hydrogen (secondary N) is 1. The molecule has 134 valence electrons. The van der Waals surface area contributed by atoms with E-state index in [1.165, 1.54) is 33.2 Å². The number of ether oxygens (including phenoxy) is 1. The largest absolute Gasteiger partial charge is 0.449 e. The van der Waals surface area contributed by atoms with Crippen LogP contribution in [0.2, 0.25) is 5.02 Å². The molecule has 0 aliphatic carbocycles. The van der Waals surface area contributed by atoms with Crippen molar-refractivity contribution in [3.05, 3.63) is 28.8 Å². The summed E-state index contributed by atoms with van der Waals surface area (Å²) in [7, 11) is -0.965. The third-order valence-corrected chi connectivity index (χ3v) is 5.28. The number of amides is 1. The van der Waals surface area contributed by atoms with Crippen molar-refractivity contribution in [2.24, 2.45) is 0 Å². The second-order valence-corrected chi connectivity index (χ2v) is 7.83. The molecule has 7 nitrogen and oxygen atoms in total. The van der Waals surface area contributed by atoms with Crippen LogP contribution >= 0.6 is 11.6 Å². The van der Waals surface area contributed by atoms with E-state index in [0.29, 0.717) is 6.54 Å². The normalized spacial score (nSPS) is 12.8. The van der Waals surface area contributed by atoms with Crippen LogP contribution in [0.15, 0.2) is 23.1 Å². The van der Waals surface area contributed by atoms with E-state index in [1.807, 2.05) is 6.92 Å². The molecule has 1 rings (SSSR count). The number of benzene rings is 1. The van der Waals surface area contributed by atoms with Crippen molar-refractivity contribution < 1.29 is 22.7 Å². The maximum Gasteiger partial charge on any atom is 0.340 e.